The fraction of sp³-hybridized carbons (Fsp3) is 0.387. The Kier molecular flexibility index (Phi) is 6.76. The summed E-state index contributed by atoms with van der Waals surface area (Å²) in [5.74, 6) is -0.820. The van der Waals surface area contributed by atoms with Crippen LogP contribution >= 0.6 is 22.9 Å². The van der Waals surface area contributed by atoms with Gasteiger partial charge in [-0.15, -0.1) is 11.3 Å². The third kappa shape index (κ3) is 4.85. The first-order valence-corrected chi connectivity index (χ1v) is 15.5. The van der Waals surface area contributed by atoms with E-state index in [1.165, 1.54) is 16.2 Å². The Morgan fingerprint density at radius 2 is 2.00 bits per heavy atom. The standard InChI is InChI=1S/C31H29ClN6O3S/c32-20-11-19-4-10-37(17-31(16-33)5-8-34-9-6-31)27(19)23(12-20)22-3-7-35-24-13-21(42-28(22)24)15-38-26(39)14-25(30(38)41)36-29(40)18-1-2-18/h3-4,7,10-13,18,25,34H,1-2,5-6,8-9,14-15,17H2,(H,36,40). The highest BCUT2D eigenvalue weighted by molar-refractivity contribution is 7.19. The number of nitriles is 1. The molecule has 1 aromatic carbocycles. The summed E-state index contributed by atoms with van der Waals surface area (Å²) in [4.78, 5) is 44.7. The van der Waals surface area contributed by atoms with Gasteiger partial charge in [0.05, 0.1) is 40.2 Å². The minimum atomic E-state index is -0.794. The number of rotatable bonds is 7. The van der Waals surface area contributed by atoms with Crippen LogP contribution in [-0.2, 0) is 27.5 Å². The SMILES string of the molecule is N#CC1(Cn2ccc3cc(Cl)cc(-c4ccnc5cc(CN6C(=O)CC(NC(=O)C7CC7)C6=O)sc45)c32)CCNCC1. The number of benzene rings is 1. The first kappa shape index (κ1) is 27.1. The lowest BCUT2D eigenvalue weighted by molar-refractivity contribution is -0.140. The molecule has 2 aliphatic heterocycles. The van der Waals surface area contributed by atoms with Gasteiger partial charge in [0.2, 0.25) is 11.8 Å². The van der Waals surface area contributed by atoms with E-state index in [0.717, 1.165) is 75.9 Å². The topological polar surface area (TPSA) is 120 Å². The fourth-order valence-electron chi connectivity index (χ4n) is 6.22. The molecule has 1 saturated carbocycles. The molecule has 3 aromatic heterocycles. The van der Waals surface area contributed by atoms with E-state index in [1.807, 2.05) is 36.5 Å². The molecule has 1 unspecified atom stereocenters. The van der Waals surface area contributed by atoms with Crippen molar-refractivity contribution in [2.45, 2.75) is 51.2 Å². The number of likely N-dealkylation sites (tertiary alicyclic amines) is 1. The highest BCUT2D eigenvalue weighted by atomic mass is 35.5. The van der Waals surface area contributed by atoms with Gasteiger partial charge in [0.1, 0.15) is 6.04 Å². The zero-order valence-corrected chi connectivity index (χ0v) is 24.4. The maximum Gasteiger partial charge on any atom is 0.252 e. The van der Waals surface area contributed by atoms with Crippen molar-refractivity contribution in [2.75, 3.05) is 13.1 Å². The molecular formula is C31H29ClN6O3S. The van der Waals surface area contributed by atoms with E-state index in [9.17, 15) is 19.6 Å². The lowest BCUT2D eigenvalue weighted by Crippen LogP contribution is -2.42. The summed E-state index contributed by atoms with van der Waals surface area (Å²) < 4.78 is 3.10. The zero-order chi connectivity index (χ0) is 29.0. The van der Waals surface area contributed by atoms with E-state index in [2.05, 4.69) is 26.3 Å². The van der Waals surface area contributed by atoms with Gasteiger partial charge in [-0.1, -0.05) is 11.6 Å². The maximum absolute atomic E-state index is 13.0. The molecule has 4 aromatic rings. The fourth-order valence-corrected chi connectivity index (χ4v) is 7.57. The van der Waals surface area contributed by atoms with E-state index >= 15 is 0 Å². The predicted octanol–water partition coefficient (Wildman–Crippen LogP) is 4.62. The van der Waals surface area contributed by atoms with Gasteiger partial charge in [0.15, 0.2) is 0 Å². The summed E-state index contributed by atoms with van der Waals surface area (Å²) in [7, 11) is 0. The van der Waals surface area contributed by atoms with Gasteiger partial charge >= 0.3 is 0 Å². The van der Waals surface area contributed by atoms with Crippen molar-refractivity contribution in [2.24, 2.45) is 11.3 Å². The van der Waals surface area contributed by atoms with Gasteiger partial charge in [0, 0.05) is 51.3 Å². The molecule has 2 saturated heterocycles. The molecule has 3 amide bonds. The number of hydrogen-bond acceptors (Lipinski definition) is 7. The van der Waals surface area contributed by atoms with Crippen molar-refractivity contribution < 1.29 is 14.4 Å². The van der Waals surface area contributed by atoms with Gasteiger partial charge in [-0.05, 0) is 69.1 Å². The molecule has 2 N–H and O–H groups in total. The third-order valence-corrected chi connectivity index (χ3v) is 10.0. The van der Waals surface area contributed by atoms with Gasteiger partial charge in [0.25, 0.3) is 5.91 Å². The minimum absolute atomic E-state index is 0.0105. The molecule has 42 heavy (non-hydrogen) atoms. The number of hydrogen-bond donors (Lipinski definition) is 2. The van der Waals surface area contributed by atoms with Crippen LogP contribution in [0, 0.1) is 22.7 Å². The summed E-state index contributed by atoms with van der Waals surface area (Å²) in [6.45, 7) is 2.37. The molecule has 1 aliphatic carbocycles. The number of carbonyl (C=O) groups is 3. The molecule has 9 nitrogen and oxygen atoms in total. The summed E-state index contributed by atoms with van der Waals surface area (Å²) in [5, 5.41) is 17.9. The number of nitrogens with one attached hydrogen (secondary N) is 2. The first-order valence-electron chi connectivity index (χ1n) is 14.3. The third-order valence-electron chi connectivity index (χ3n) is 8.67. The Bertz CT molecular complexity index is 1800. The molecule has 7 rings (SSSR count). The molecule has 0 spiro atoms. The zero-order valence-electron chi connectivity index (χ0n) is 22.9. The van der Waals surface area contributed by atoms with Gasteiger partial charge in [-0.3, -0.25) is 24.3 Å². The van der Waals surface area contributed by atoms with Crippen LogP contribution in [0.25, 0.3) is 32.2 Å². The normalized spacial score (nSPS) is 20.4. The van der Waals surface area contributed by atoms with Crippen LogP contribution in [0.1, 0.15) is 37.0 Å². The number of fused-ring (bicyclic) bond motifs is 2. The van der Waals surface area contributed by atoms with Crippen molar-refractivity contribution in [3.05, 3.63) is 52.6 Å². The number of aromatic nitrogens is 2. The largest absolute Gasteiger partial charge is 0.345 e. The number of pyridine rings is 1. The second-order valence-corrected chi connectivity index (χ2v) is 13.2. The molecule has 0 bridgehead atoms. The Morgan fingerprint density at radius 1 is 1.19 bits per heavy atom. The van der Waals surface area contributed by atoms with E-state index in [1.54, 1.807) is 6.20 Å². The molecule has 1 atom stereocenters. The second kappa shape index (κ2) is 10.5. The summed E-state index contributed by atoms with van der Waals surface area (Å²) >= 11 is 8.10. The minimum Gasteiger partial charge on any atom is -0.345 e. The summed E-state index contributed by atoms with van der Waals surface area (Å²) in [6, 6.07) is 11.6. The monoisotopic (exact) mass is 600 g/mol. The van der Waals surface area contributed by atoms with Crippen LogP contribution in [0.4, 0.5) is 0 Å². The molecule has 5 heterocycles. The average Bonchev–Trinajstić information content (AvgIpc) is 3.57. The molecule has 11 heteroatoms. The first-order chi connectivity index (χ1) is 20.3. The van der Waals surface area contributed by atoms with Crippen molar-refractivity contribution in [1.29, 1.82) is 5.26 Å². The number of amides is 3. The Morgan fingerprint density at radius 3 is 2.76 bits per heavy atom. The molecular weight excluding hydrogens is 572 g/mol. The Labute approximate surface area is 251 Å². The second-order valence-electron chi connectivity index (χ2n) is 11.6. The van der Waals surface area contributed by atoms with E-state index in [0.29, 0.717) is 11.6 Å². The molecule has 3 fully saturated rings. The molecule has 214 valence electrons. The Hall–Kier alpha value is -3.78. The highest BCUT2D eigenvalue weighted by Gasteiger charge is 2.42. The smallest absolute Gasteiger partial charge is 0.252 e. The van der Waals surface area contributed by atoms with E-state index in [-0.39, 0.29) is 36.6 Å². The van der Waals surface area contributed by atoms with Crippen molar-refractivity contribution >= 4 is 61.8 Å². The van der Waals surface area contributed by atoms with E-state index in [4.69, 9.17) is 11.6 Å². The summed E-state index contributed by atoms with van der Waals surface area (Å²) in [5.41, 5.74) is 3.23. The van der Waals surface area contributed by atoms with Crippen LogP contribution in [0.5, 0.6) is 0 Å². The van der Waals surface area contributed by atoms with Gasteiger partial charge in [-0.2, -0.15) is 5.26 Å². The lowest BCUT2D eigenvalue weighted by atomic mass is 9.80. The van der Waals surface area contributed by atoms with Crippen molar-refractivity contribution in [3.63, 3.8) is 0 Å². The highest BCUT2D eigenvalue weighted by Crippen LogP contribution is 2.41. The number of halogens is 1. The predicted molar refractivity (Wildman–Crippen MR) is 161 cm³/mol. The van der Waals surface area contributed by atoms with Gasteiger partial charge < -0.3 is 15.2 Å². The number of imide groups is 1. The van der Waals surface area contributed by atoms with Crippen LogP contribution < -0.4 is 10.6 Å². The number of piperidine rings is 1. The van der Waals surface area contributed by atoms with Gasteiger partial charge in [-0.25, -0.2) is 0 Å². The average molecular weight is 601 g/mol. The van der Waals surface area contributed by atoms with Crippen LogP contribution in [0.2, 0.25) is 5.02 Å². The number of carbonyl (C=O) groups excluding carboxylic acids is 3. The van der Waals surface area contributed by atoms with Crippen LogP contribution in [-0.4, -0.2) is 51.3 Å². The molecule has 3 aliphatic rings. The van der Waals surface area contributed by atoms with E-state index < -0.39 is 11.5 Å². The number of nitrogens with zero attached hydrogens (tertiary/aromatic N) is 4. The molecule has 0 radical (unpaired) electrons. The van der Waals surface area contributed by atoms with Crippen molar-refractivity contribution in [1.82, 2.24) is 25.1 Å². The van der Waals surface area contributed by atoms with Crippen molar-refractivity contribution in [3.8, 4) is 17.2 Å². The summed E-state index contributed by atoms with van der Waals surface area (Å²) in [6.07, 6.45) is 7.03. The van der Waals surface area contributed by atoms with Crippen LogP contribution in [0.15, 0.2) is 42.7 Å². The number of thiophene rings is 1. The maximum atomic E-state index is 13.0. The Balaban J connectivity index is 1.22. The quantitative estimate of drug-likeness (QED) is 0.299. The lowest BCUT2D eigenvalue weighted by Gasteiger charge is -2.32. The van der Waals surface area contributed by atoms with Crippen LogP contribution in [0.3, 0.4) is 0 Å².